The minimum absolute atomic E-state index is 0.138. The first-order chi connectivity index (χ1) is 6.70. The van der Waals surface area contributed by atoms with Crippen molar-refractivity contribution in [1.29, 1.82) is 0 Å². The number of hydrogen-bond donors (Lipinski definition) is 1. The van der Waals surface area contributed by atoms with Crippen LogP contribution < -0.4 is 5.32 Å². The molecule has 0 saturated carbocycles. The van der Waals surface area contributed by atoms with Crippen LogP contribution in [0.1, 0.15) is 20.8 Å². The number of rotatable bonds is 8. The van der Waals surface area contributed by atoms with E-state index in [0.29, 0.717) is 19.3 Å². The fraction of sp³-hybridized carbons (Fsp3) is 0.818. The molecule has 1 unspecified atom stereocenters. The number of methoxy groups -OCH3 is 1. The molecule has 0 aromatic rings. The zero-order valence-electron chi connectivity index (χ0n) is 9.75. The van der Waals surface area contributed by atoms with Gasteiger partial charge in [-0.15, -0.1) is 0 Å². The Labute approximate surface area is 87.5 Å². The lowest BCUT2D eigenvalue weighted by molar-refractivity contribution is 0.0111. The van der Waals surface area contributed by atoms with Gasteiger partial charge in [-0.05, 0) is 6.92 Å². The van der Waals surface area contributed by atoms with Gasteiger partial charge in [0, 0.05) is 19.7 Å². The smallest absolute Gasteiger partial charge is 0.0936 e. The standard InChI is InChI=1S/C11H23NO2/c1-5-6-7-14-11(9-13-4)8-12-10(2)3/h5-6,10-12H,7-9H2,1-4H3/b6-5+. The Bertz CT molecular complexity index is 146. The maximum Gasteiger partial charge on any atom is 0.0936 e. The fourth-order valence-corrected chi connectivity index (χ4v) is 1.01. The highest BCUT2D eigenvalue weighted by atomic mass is 16.5. The van der Waals surface area contributed by atoms with Crippen LogP contribution in [0.25, 0.3) is 0 Å². The van der Waals surface area contributed by atoms with Gasteiger partial charge in [-0.1, -0.05) is 26.0 Å². The Balaban J connectivity index is 3.65. The van der Waals surface area contributed by atoms with Crippen LogP contribution in [0.4, 0.5) is 0 Å². The number of allylic oxidation sites excluding steroid dienone is 1. The van der Waals surface area contributed by atoms with Crippen LogP contribution in [0.2, 0.25) is 0 Å². The van der Waals surface area contributed by atoms with Gasteiger partial charge in [0.05, 0.1) is 19.3 Å². The molecule has 0 heterocycles. The van der Waals surface area contributed by atoms with Crippen molar-refractivity contribution in [3.63, 3.8) is 0 Å². The number of hydrogen-bond acceptors (Lipinski definition) is 3. The van der Waals surface area contributed by atoms with Gasteiger partial charge in [0.15, 0.2) is 0 Å². The average molecular weight is 201 g/mol. The van der Waals surface area contributed by atoms with E-state index in [1.54, 1.807) is 7.11 Å². The van der Waals surface area contributed by atoms with Crippen molar-refractivity contribution in [2.75, 3.05) is 26.9 Å². The number of nitrogens with one attached hydrogen (secondary N) is 1. The molecule has 0 spiro atoms. The molecule has 0 aromatic carbocycles. The summed E-state index contributed by atoms with van der Waals surface area (Å²) in [5.74, 6) is 0. The maximum atomic E-state index is 5.60. The van der Waals surface area contributed by atoms with E-state index in [2.05, 4.69) is 19.2 Å². The second kappa shape index (κ2) is 9.19. The van der Waals surface area contributed by atoms with Crippen LogP contribution in [0.15, 0.2) is 12.2 Å². The van der Waals surface area contributed by atoms with Gasteiger partial charge in [-0.2, -0.15) is 0 Å². The third kappa shape index (κ3) is 8.23. The molecule has 0 rings (SSSR count). The van der Waals surface area contributed by atoms with Gasteiger partial charge in [0.2, 0.25) is 0 Å². The van der Waals surface area contributed by atoms with Gasteiger partial charge < -0.3 is 14.8 Å². The zero-order valence-corrected chi connectivity index (χ0v) is 9.75. The molecule has 1 N–H and O–H groups in total. The highest BCUT2D eigenvalue weighted by molar-refractivity contribution is 4.77. The fourth-order valence-electron chi connectivity index (χ4n) is 1.01. The predicted molar refractivity (Wildman–Crippen MR) is 59.6 cm³/mol. The van der Waals surface area contributed by atoms with E-state index < -0.39 is 0 Å². The monoisotopic (exact) mass is 201 g/mol. The molecule has 0 bridgehead atoms. The lowest BCUT2D eigenvalue weighted by Gasteiger charge is -2.18. The second-order valence-corrected chi connectivity index (χ2v) is 3.54. The van der Waals surface area contributed by atoms with E-state index in [9.17, 15) is 0 Å². The van der Waals surface area contributed by atoms with Gasteiger partial charge in [0.1, 0.15) is 0 Å². The van der Waals surface area contributed by atoms with Crippen molar-refractivity contribution in [2.45, 2.75) is 32.9 Å². The molecular weight excluding hydrogens is 178 g/mol. The summed E-state index contributed by atoms with van der Waals surface area (Å²) in [7, 11) is 1.70. The van der Waals surface area contributed by atoms with Crippen molar-refractivity contribution in [2.24, 2.45) is 0 Å². The summed E-state index contributed by atoms with van der Waals surface area (Å²) in [5.41, 5.74) is 0. The molecule has 0 aliphatic carbocycles. The summed E-state index contributed by atoms with van der Waals surface area (Å²) in [6.07, 6.45) is 4.12. The quantitative estimate of drug-likeness (QED) is 0.605. The molecular formula is C11H23NO2. The van der Waals surface area contributed by atoms with E-state index in [4.69, 9.17) is 9.47 Å². The molecule has 0 amide bonds. The summed E-state index contributed by atoms with van der Waals surface area (Å²) in [6.45, 7) is 8.36. The second-order valence-electron chi connectivity index (χ2n) is 3.54. The van der Waals surface area contributed by atoms with Gasteiger partial charge in [0.25, 0.3) is 0 Å². The van der Waals surface area contributed by atoms with Crippen LogP contribution in [0.5, 0.6) is 0 Å². The Morgan fingerprint density at radius 2 is 2.07 bits per heavy atom. The molecule has 0 fully saturated rings. The molecule has 84 valence electrons. The van der Waals surface area contributed by atoms with Crippen LogP contribution in [-0.4, -0.2) is 39.0 Å². The molecule has 3 heteroatoms. The Hall–Kier alpha value is -0.380. The third-order valence-corrected chi connectivity index (χ3v) is 1.77. The normalized spacial score (nSPS) is 14.1. The molecule has 3 nitrogen and oxygen atoms in total. The minimum Gasteiger partial charge on any atom is -0.382 e. The Morgan fingerprint density at radius 3 is 2.57 bits per heavy atom. The Morgan fingerprint density at radius 1 is 1.36 bits per heavy atom. The molecule has 1 atom stereocenters. The molecule has 0 saturated heterocycles. The molecule has 0 aliphatic heterocycles. The summed E-state index contributed by atoms with van der Waals surface area (Å²) in [6, 6.07) is 0.486. The highest BCUT2D eigenvalue weighted by Gasteiger charge is 2.07. The summed E-state index contributed by atoms with van der Waals surface area (Å²) in [4.78, 5) is 0. The molecule has 14 heavy (non-hydrogen) atoms. The first-order valence-electron chi connectivity index (χ1n) is 5.15. The van der Waals surface area contributed by atoms with E-state index >= 15 is 0 Å². The first-order valence-corrected chi connectivity index (χ1v) is 5.15. The maximum absolute atomic E-state index is 5.60. The van der Waals surface area contributed by atoms with E-state index in [0.717, 1.165) is 6.54 Å². The van der Waals surface area contributed by atoms with Gasteiger partial charge >= 0.3 is 0 Å². The van der Waals surface area contributed by atoms with Crippen LogP contribution in [-0.2, 0) is 9.47 Å². The summed E-state index contributed by atoms with van der Waals surface area (Å²) >= 11 is 0. The lowest BCUT2D eigenvalue weighted by atomic mass is 10.3. The average Bonchev–Trinajstić information content (AvgIpc) is 2.14. The molecule has 0 aromatic heterocycles. The van der Waals surface area contributed by atoms with E-state index in [1.807, 2.05) is 19.1 Å². The lowest BCUT2D eigenvalue weighted by Crippen LogP contribution is -2.36. The predicted octanol–water partition coefficient (Wildman–Crippen LogP) is 1.59. The van der Waals surface area contributed by atoms with Crippen molar-refractivity contribution in [1.82, 2.24) is 5.32 Å². The third-order valence-electron chi connectivity index (χ3n) is 1.77. The SMILES string of the molecule is C/C=C/COC(CNC(C)C)COC. The van der Waals surface area contributed by atoms with Crippen LogP contribution >= 0.6 is 0 Å². The van der Waals surface area contributed by atoms with Gasteiger partial charge in [-0.25, -0.2) is 0 Å². The minimum atomic E-state index is 0.138. The van der Waals surface area contributed by atoms with E-state index in [1.165, 1.54) is 0 Å². The first kappa shape index (κ1) is 13.6. The number of ether oxygens (including phenoxy) is 2. The summed E-state index contributed by atoms with van der Waals surface area (Å²) < 4.78 is 10.7. The summed E-state index contributed by atoms with van der Waals surface area (Å²) in [5, 5.41) is 3.33. The highest BCUT2D eigenvalue weighted by Crippen LogP contribution is 1.93. The van der Waals surface area contributed by atoms with Gasteiger partial charge in [-0.3, -0.25) is 0 Å². The Kier molecular flexibility index (Phi) is 8.94. The van der Waals surface area contributed by atoms with E-state index in [-0.39, 0.29) is 6.10 Å². The largest absolute Gasteiger partial charge is 0.382 e. The molecule has 0 aliphatic rings. The van der Waals surface area contributed by atoms with Crippen molar-refractivity contribution in [3.05, 3.63) is 12.2 Å². The molecule has 0 radical (unpaired) electrons. The van der Waals surface area contributed by atoms with Crippen molar-refractivity contribution < 1.29 is 9.47 Å². The van der Waals surface area contributed by atoms with Crippen LogP contribution in [0.3, 0.4) is 0 Å². The topological polar surface area (TPSA) is 30.5 Å². The zero-order chi connectivity index (χ0) is 10.8. The van der Waals surface area contributed by atoms with Crippen LogP contribution in [0, 0.1) is 0 Å². The van der Waals surface area contributed by atoms with Crippen molar-refractivity contribution in [3.8, 4) is 0 Å². The van der Waals surface area contributed by atoms with Crippen molar-refractivity contribution >= 4 is 0 Å².